The summed E-state index contributed by atoms with van der Waals surface area (Å²) in [6, 6.07) is 12.2. The van der Waals surface area contributed by atoms with Crippen LogP contribution in [0.2, 0.25) is 0 Å². The standard InChI is InChI=1S/C20H22N6/c1-2-4-16(5-3-1)17-12-19(24-13-15-6-8-21-9-7-15)26-20(25-17)18-14-22-10-11-23-18/h1-5,10-12,14-15,21H,6-9,13H2,(H,24,25,26). The molecule has 0 aliphatic carbocycles. The van der Waals surface area contributed by atoms with E-state index in [0.717, 1.165) is 36.7 Å². The summed E-state index contributed by atoms with van der Waals surface area (Å²) in [4.78, 5) is 17.9. The molecule has 0 spiro atoms. The van der Waals surface area contributed by atoms with Crippen LogP contribution in [-0.2, 0) is 0 Å². The van der Waals surface area contributed by atoms with Crippen molar-refractivity contribution < 1.29 is 0 Å². The Bertz CT molecular complexity index is 774. The fourth-order valence-electron chi connectivity index (χ4n) is 3.16. The first kappa shape index (κ1) is 16.6. The highest BCUT2D eigenvalue weighted by molar-refractivity contribution is 5.66. The predicted octanol–water partition coefficient (Wildman–Crippen LogP) is 3.01. The van der Waals surface area contributed by atoms with Gasteiger partial charge in [0.25, 0.3) is 0 Å². The molecular formula is C20H22N6. The van der Waals surface area contributed by atoms with Gasteiger partial charge in [0, 0.05) is 30.6 Å². The van der Waals surface area contributed by atoms with Gasteiger partial charge in [-0.25, -0.2) is 15.0 Å². The fraction of sp³-hybridized carbons (Fsp3) is 0.300. The normalized spacial score (nSPS) is 14.9. The number of anilines is 1. The molecule has 0 unspecified atom stereocenters. The average molecular weight is 346 g/mol. The Morgan fingerprint density at radius 3 is 2.62 bits per heavy atom. The Morgan fingerprint density at radius 2 is 1.85 bits per heavy atom. The van der Waals surface area contributed by atoms with Crippen molar-refractivity contribution in [3.63, 3.8) is 0 Å². The van der Waals surface area contributed by atoms with Crippen LogP contribution in [0.3, 0.4) is 0 Å². The van der Waals surface area contributed by atoms with E-state index in [1.165, 1.54) is 12.8 Å². The van der Waals surface area contributed by atoms with Gasteiger partial charge in [-0.1, -0.05) is 30.3 Å². The monoisotopic (exact) mass is 346 g/mol. The van der Waals surface area contributed by atoms with E-state index in [1.54, 1.807) is 18.6 Å². The van der Waals surface area contributed by atoms with Crippen LogP contribution in [0.4, 0.5) is 5.82 Å². The van der Waals surface area contributed by atoms with Crippen LogP contribution < -0.4 is 10.6 Å². The summed E-state index contributed by atoms with van der Waals surface area (Å²) in [5, 5.41) is 6.91. The summed E-state index contributed by atoms with van der Waals surface area (Å²) in [5.41, 5.74) is 2.62. The molecule has 132 valence electrons. The van der Waals surface area contributed by atoms with Gasteiger partial charge in [-0.05, 0) is 31.8 Å². The Labute approximate surface area is 153 Å². The molecule has 0 bridgehead atoms. The van der Waals surface area contributed by atoms with E-state index in [9.17, 15) is 0 Å². The zero-order valence-corrected chi connectivity index (χ0v) is 14.6. The molecule has 0 saturated carbocycles. The molecule has 1 aliphatic rings. The van der Waals surface area contributed by atoms with Gasteiger partial charge in [0.2, 0.25) is 0 Å². The number of rotatable bonds is 5. The Morgan fingerprint density at radius 1 is 1.00 bits per heavy atom. The number of nitrogens with one attached hydrogen (secondary N) is 2. The smallest absolute Gasteiger partial charge is 0.182 e. The predicted molar refractivity (Wildman–Crippen MR) is 103 cm³/mol. The highest BCUT2D eigenvalue weighted by Gasteiger charge is 2.14. The Hall–Kier alpha value is -2.86. The molecule has 0 amide bonds. The van der Waals surface area contributed by atoms with E-state index in [0.29, 0.717) is 17.4 Å². The molecule has 1 aromatic carbocycles. The SMILES string of the molecule is c1ccc(-c2cc(NCC3CCNCC3)nc(-c3cnccn3)n2)cc1. The summed E-state index contributed by atoms with van der Waals surface area (Å²) in [6.07, 6.45) is 7.40. The maximum Gasteiger partial charge on any atom is 0.182 e. The van der Waals surface area contributed by atoms with Gasteiger partial charge in [-0.15, -0.1) is 0 Å². The van der Waals surface area contributed by atoms with Gasteiger partial charge in [0.05, 0.1) is 11.9 Å². The van der Waals surface area contributed by atoms with Crippen LogP contribution in [0.1, 0.15) is 12.8 Å². The van der Waals surface area contributed by atoms with Crippen LogP contribution in [0.15, 0.2) is 55.0 Å². The summed E-state index contributed by atoms with van der Waals surface area (Å²) in [5.74, 6) is 2.09. The van der Waals surface area contributed by atoms with Crippen molar-refractivity contribution in [2.45, 2.75) is 12.8 Å². The summed E-state index contributed by atoms with van der Waals surface area (Å²) in [7, 11) is 0. The minimum atomic E-state index is 0.590. The maximum absolute atomic E-state index is 4.71. The maximum atomic E-state index is 4.71. The van der Waals surface area contributed by atoms with E-state index < -0.39 is 0 Å². The van der Waals surface area contributed by atoms with Crippen LogP contribution in [0.25, 0.3) is 22.8 Å². The largest absolute Gasteiger partial charge is 0.370 e. The van der Waals surface area contributed by atoms with Crippen molar-refractivity contribution in [2.24, 2.45) is 5.92 Å². The molecule has 0 atom stereocenters. The average Bonchev–Trinajstić information content (AvgIpc) is 2.74. The third-order valence-corrected chi connectivity index (χ3v) is 4.62. The highest BCUT2D eigenvalue weighted by atomic mass is 15.0. The first-order valence-corrected chi connectivity index (χ1v) is 9.04. The number of piperidine rings is 1. The van der Waals surface area contributed by atoms with E-state index in [2.05, 4.69) is 37.7 Å². The first-order valence-electron chi connectivity index (χ1n) is 9.04. The zero-order valence-electron chi connectivity index (χ0n) is 14.6. The molecule has 2 aromatic heterocycles. The van der Waals surface area contributed by atoms with Crippen molar-refractivity contribution in [1.82, 2.24) is 25.3 Å². The van der Waals surface area contributed by atoms with Gasteiger partial charge in [-0.3, -0.25) is 4.98 Å². The lowest BCUT2D eigenvalue weighted by atomic mass is 9.98. The van der Waals surface area contributed by atoms with Crippen LogP contribution in [-0.4, -0.2) is 39.6 Å². The van der Waals surface area contributed by atoms with Gasteiger partial charge in [0.15, 0.2) is 5.82 Å². The van der Waals surface area contributed by atoms with Crippen LogP contribution in [0, 0.1) is 5.92 Å². The lowest BCUT2D eigenvalue weighted by molar-refractivity contribution is 0.389. The second-order valence-corrected chi connectivity index (χ2v) is 6.49. The van der Waals surface area contributed by atoms with Crippen molar-refractivity contribution >= 4 is 5.82 Å². The molecule has 1 aliphatic heterocycles. The lowest BCUT2D eigenvalue weighted by Crippen LogP contribution is -2.31. The molecule has 3 aromatic rings. The minimum absolute atomic E-state index is 0.590. The second-order valence-electron chi connectivity index (χ2n) is 6.49. The van der Waals surface area contributed by atoms with Gasteiger partial charge in [0.1, 0.15) is 11.5 Å². The van der Waals surface area contributed by atoms with Crippen LogP contribution >= 0.6 is 0 Å². The molecule has 6 heteroatoms. The zero-order chi connectivity index (χ0) is 17.6. The molecule has 0 radical (unpaired) electrons. The van der Waals surface area contributed by atoms with Crippen molar-refractivity contribution in [1.29, 1.82) is 0 Å². The second kappa shape index (κ2) is 8.01. The van der Waals surface area contributed by atoms with Crippen molar-refractivity contribution in [3.05, 3.63) is 55.0 Å². The first-order chi connectivity index (χ1) is 12.9. The van der Waals surface area contributed by atoms with E-state index >= 15 is 0 Å². The molecular weight excluding hydrogens is 324 g/mol. The Balaban J connectivity index is 1.64. The van der Waals surface area contributed by atoms with Crippen molar-refractivity contribution in [2.75, 3.05) is 25.0 Å². The third-order valence-electron chi connectivity index (χ3n) is 4.62. The number of hydrogen-bond donors (Lipinski definition) is 2. The summed E-state index contributed by atoms with van der Waals surface area (Å²) < 4.78 is 0. The molecule has 2 N–H and O–H groups in total. The quantitative estimate of drug-likeness (QED) is 0.740. The molecule has 1 saturated heterocycles. The fourth-order valence-corrected chi connectivity index (χ4v) is 3.16. The molecule has 3 heterocycles. The molecule has 4 rings (SSSR count). The van der Waals surface area contributed by atoms with E-state index in [1.807, 2.05) is 24.3 Å². The highest BCUT2D eigenvalue weighted by Crippen LogP contribution is 2.23. The molecule has 1 fully saturated rings. The molecule has 6 nitrogen and oxygen atoms in total. The molecule has 26 heavy (non-hydrogen) atoms. The van der Waals surface area contributed by atoms with Crippen LogP contribution in [0.5, 0.6) is 0 Å². The summed E-state index contributed by atoms with van der Waals surface area (Å²) >= 11 is 0. The van der Waals surface area contributed by atoms with Gasteiger partial charge < -0.3 is 10.6 Å². The topological polar surface area (TPSA) is 75.6 Å². The number of benzene rings is 1. The number of aromatic nitrogens is 4. The number of hydrogen-bond acceptors (Lipinski definition) is 6. The minimum Gasteiger partial charge on any atom is -0.370 e. The Kier molecular flexibility index (Phi) is 5.12. The van der Waals surface area contributed by atoms with Gasteiger partial charge >= 0.3 is 0 Å². The van der Waals surface area contributed by atoms with E-state index in [-0.39, 0.29) is 0 Å². The van der Waals surface area contributed by atoms with E-state index in [4.69, 9.17) is 4.98 Å². The summed E-state index contributed by atoms with van der Waals surface area (Å²) in [6.45, 7) is 3.11. The van der Waals surface area contributed by atoms with Gasteiger partial charge in [-0.2, -0.15) is 0 Å². The lowest BCUT2D eigenvalue weighted by Gasteiger charge is -2.23. The third kappa shape index (κ3) is 4.03. The van der Waals surface area contributed by atoms with Crippen molar-refractivity contribution in [3.8, 4) is 22.8 Å². The number of nitrogens with zero attached hydrogens (tertiary/aromatic N) is 4.